The monoisotopic (exact) mass is 241 g/mol. The van der Waals surface area contributed by atoms with E-state index in [-0.39, 0.29) is 5.91 Å². The summed E-state index contributed by atoms with van der Waals surface area (Å²) in [6.07, 6.45) is 6.30. The van der Waals surface area contributed by atoms with E-state index in [0.29, 0.717) is 6.04 Å². The van der Waals surface area contributed by atoms with Crippen molar-refractivity contribution in [2.75, 3.05) is 4.90 Å². The lowest BCUT2D eigenvalue weighted by Crippen LogP contribution is -2.57. The molecule has 92 valence electrons. The van der Waals surface area contributed by atoms with E-state index in [2.05, 4.69) is 9.97 Å². The van der Waals surface area contributed by atoms with E-state index in [1.54, 1.807) is 6.33 Å². The number of β-lactam (4-membered cyclic amide) rings is 1. The molecule has 4 nitrogen and oxygen atoms in total. The fourth-order valence-corrected chi connectivity index (χ4v) is 3.05. The fourth-order valence-electron chi connectivity index (χ4n) is 3.05. The van der Waals surface area contributed by atoms with E-state index < -0.39 is 0 Å². The van der Waals surface area contributed by atoms with Gasteiger partial charge in [0.15, 0.2) is 0 Å². The van der Waals surface area contributed by atoms with Crippen molar-refractivity contribution in [1.82, 2.24) is 9.97 Å². The first kappa shape index (κ1) is 10.1. The van der Waals surface area contributed by atoms with Gasteiger partial charge >= 0.3 is 0 Å². The van der Waals surface area contributed by atoms with Crippen LogP contribution in [-0.4, -0.2) is 21.9 Å². The van der Waals surface area contributed by atoms with Crippen molar-refractivity contribution in [3.05, 3.63) is 24.5 Å². The molecule has 1 saturated carbocycles. The Morgan fingerprint density at radius 1 is 1.33 bits per heavy atom. The Bertz CT molecular complexity index is 614. The molecule has 4 heteroatoms. The summed E-state index contributed by atoms with van der Waals surface area (Å²) >= 11 is 0. The van der Waals surface area contributed by atoms with Crippen LogP contribution in [0, 0.1) is 5.92 Å². The molecule has 1 saturated heterocycles. The molecule has 1 aromatic heterocycles. The maximum absolute atomic E-state index is 11.9. The summed E-state index contributed by atoms with van der Waals surface area (Å²) in [5, 5.41) is 0. The van der Waals surface area contributed by atoms with Crippen LogP contribution in [0.15, 0.2) is 24.5 Å². The number of fused-ring (bicyclic) bond motifs is 1. The lowest BCUT2D eigenvalue weighted by molar-refractivity contribution is -0.125. The molecule has 1 aliphatic carbocycles. The zero-order valence-electron chi connectivity index (χ0n) is 10.1. The van der Waals surface area contributed by atoms with Crippen LogP contribution < -0.4 is 4.90 Å². The lowest BCUT2D eigenvalue weighted by atomic mass is 9.74. The van der Waals surface area contributed by atoms with Crippen molar-refractivity contribution in [2.24, 2.45) is 5.92 Å². The molecular weight excluding hydrogens is 226 g/mol. The Morgan fingerprint density at radius 2 is 2.22 bits per heavy atom. The van der Waals surface area contributed by atoms with Gasteiger partial charge in [-0.05, 0) is 37.0 Å². The topological polar surface area (TPSA) is 49.0 Å². The minimum Gasteiger partial charge on any atom is -0.345 e. The van der Waals surface area contributed by atoms with Gasteiger partial charge in [-0.25, -0.2) is 4.98 Å². The summed E-state index contributed by atoms with van der Waals surface area (Å²) in [7, 11) is 0. The standard InChI is InChI=1S/C14H15N3O/c18-14-7-13(9-2-1-3-9)17(14)10-4-5-11-12(6-10)16-8-15-11/h4-6,8-9,13H,1-3,7H2,(H,15,16)/t13-/m1/s1. The van der Waals surface area contributed by atoms with Crippen LogP contribution in [0.3, 0.4) is 0 Å². The van der Waals surface area contributed by atoms with Gasteiger partial charge in [-0.15, -0.1) is 0 Å². The molecular formula is C14H15N3O. The fraction of sp³-hybridized carbons (Fsp3) is 0.429. The van der Waals surface area contributed by atoms with Crippen molar-refractivity contribution in [3.8, 4) is 0 Å². The van der Waals surface area contributed by atoms with Gasteiger partial charge in [-0.2, -0.15) is 0 Å². The highest BCUT2D eigenvalue weighted by molar-refractivity contribution is 6.02. The highest BCUT2D eigenvalue weighted by Crippen LogP contribution is 2.41. The molecule has 1 aliphatic heterocycles. The molecule has 0 radical (unpaired) electrons. The molecule has 2 fully saturated rings. The van der Waals surface area contributed by atoms with Gasteiger partial charge in [0.05, 0.1) is 17.4 Å². The number of amides is 1. The zero-order valence-corrected chi connectivity index (χ0v) is 10.1. The van der Waals surface area contributed by atoms with Crippen molar-refractivity contribution >= 4 is 22.6 Å². The van der Waals surface area contributed by atoms with Gasteiger partial charge in [-0.1, -0.05) is 6.42 Å². The number of hydrogen-bond acceptors (Lipinski definition) is 2. The summed E-state index contributed by atoms with van der Waals surface area (Å²) < 4.78 is 0. The van der Waals surface area contributed by atoms with E-state index >= 15 is 0 Å². The number of aromatic nitrogens is 2. The van der Waals surface area contributed by atoms with Crippen LogP contribution in [0.5, 0.6) is 0 Å². The molecule has 18 heavy (non-hydrogen) atoms. The van der Waals surface area contributed by atoms with Gasteiger partial charge in [0.1, 0.15) is 0 Å². The Labute approximate surface area is 105 Å². The van der Waals surface area contributed by atoms with Crippen LogP contribution >= 0.6 is 0 Å². The zero-order chi connectivity index (χ0) is 12.1. The third kappa shape index (κ3) is 1.32. The van der Waals surface area contributed by atoms with Crippen LogP contribution in [0.1, 0.15) is 25.7 Å². The number of nitrogens with zero attached hydrogens (tertiary/aromatic N) is 2. The van der Waals surface area contributed by atoms with Crippen molar-refractivity contribution in [2.45, 2.75) is 31.7 Å². The Morgan fingerprint density at radius 3 is 2.94 bits per heavy atom. The number of hydrogen-bond donors (Lipinski definition) is 1. The second-order valence-corrected chi connectivity index (χ2v) is 5.33. The number of benzene rings is 1. The molecule has 1 aromatic carbocycles. The summed E-state index contributed by atoms with van der Waals surface area (Å²) in [6.45, 7) is 0. The number of nitrogens with one attached hydrogen (secondary N) is 1. The molecule has 0 unspecified atom stereocenters. The van der Waals surface area contributed by atoms with Gasteiger partial charge < -0.3 is 9.88 Å². The maximum atomic E-state index is 11.9. The van der Waals surface area contributed by atoms with Crippen LogP contribution in [0.2, 0.25) is 0 Å². The third-order valence-electron chi connectivity index (χ3n) is 4.36. The van der Waals surface area contributed by atoms with E-state index in [0.717, 1.165) is 29.1 Å². The molecule has 1 N–H and O–H groups in total. The van der Waals surface area contributed by atoms with Crippen molar-refractivity contribution < 1.29 is 4.79 Å². The summed E-state index contributed by atoms with van der Waals surface area (Å²) in [5.74, 6) is 0.978. The molecule has 0 bridgehead atoms. The minimum absolute atomic E-state index is 0.255. The Kier molecular flexibility index (Phi) is 2.01. The first-order valence-electron chi connectivity index (χ1n) is 6.58. The van der Waals surface area contributed by atoms with E-state index in [1.807, 2.05) is 23.1 Å². The summed E-state index contributed by atoms with van der Waals surface area (Å²) in [4.78, 5) is 21.1. The van der Waals surface area contributed by atoms with Crippen LogP contribution in [0.4, 0.5) is 5.69 Å². The van der Waals surface area contributed by atoms with Gasteiger partial charge in [0.2, 0.25) is 5.91 Å². The smallest absolute Gasteiger partial charge is 0.229 e. The molecule has 1 atom stereocenters. The van der Waals surface area contributed by atoms with E-state index in [4.69, 9.17) is 0 Å². The van der Waals surface area contributed by atoms with Crippen LogP contribution in [0.25, 0.3) is 11.0 Å². The number of carbonyl (C=O) groups excluding carboxylic acids is 1. The normalized spacial score (nSPS) is 24.1. The predicted molar refractivity (Wildman–Crippen MR) is 69.3 cm³/mol. The molecule has 2 heterocycles. The van der Waals surface area contributed by atoms with Gasteiger partial charge in [0.25, 0.3) is 0 Å². The Hall–Kier alpha value is -1.84. The second-order valence-electron chi connectivity index (χ2n) is 5.33. The largest absolute Gasteiger partial charge is 0.345 e. The maximum Gasteiger partial charge on any atom is 0.229 e. The lowest BCUT2D eigenvalue weighted by Gasteiger charge is -2.47. The number of H-pyrrole nitrogens is 1. The Balaban J connectivity index is 1.69. The van der Waals surface area contributed by atoms with Crippen molar-refractivity contribution in [3.63, 3.8) is 0 Å². The predicted octanol–water partition coefficient (Wildman–Crippen LogP) is 2.47. The first-order chi connectivity index (χ1) is 8.83. The number of carbonyl (C=O) groups is 1. The summed E-state index contributed by atoms with van der Waals surface area (Å²) in [5.41, 5.74) is 2.96. The van der Waals surface area contributed by atoms with Crippen LogP contribution in [-0.2, 0) is 4.79 Å². The quantitative estimate of drug-likeness (QED) is 0.821. The second kappa shape index (κ2) is 3.57. The summed E-state index contributed by atoms with van der Waals surface area (Å²) in [6, 6.07) is 6.45. The highest BCUT2D eigenvalue weighted by atomic mass is 16.2. The molecule has 2 aromatic rings. The van der Waals surface area contributed by atoms with Crippen molar-refractivity contribution in [1.29, 1.82) is 0 Å². The third-order valence-corrected chi connectivity index (χ3v) is 4.36. The minimum atomic E-state index is 0.255. The highest BCUT2D eigenvalue weighted by Gasteiger charge is 2.43. The average molecular weight is 241 g/mol. The molecule has 4 rings (SSSR count). The average Bonchev–Trinajstić information content (AvgIpc) is 2.73. The number of aromatic amines is 1. The molecule has 0 spiro atoms. The molecule has 2 aliphatic rings. The SMILES string of the molecule is O=C1C[C@H](C2CCC2)N1c1ccc2nc[nH]c2c1. The number of imidazole rings is 1. The molecule has 1 amide bonds. The van der Waals surface area contributed by atoms with E-state index in [1.165, 1.54) is 19.3 Å². The number of rotatable bonds is 2. The first-order valence-corrected chi connectivity index (χ1v) is 6.58. The van der Waals surface area contributed by atoms with Gasteiger partial charge in [0, 0.05) is 18.2 Å². The number of anilines is 1. The van der Waals surface area contributed by atoms with Gasteiger partial charge in [-0.3, -0.25) is 4.79 Å². The van der Waals surface area contributed by atoms with E-state index in [9.17, 15) is 4.79 Å².